The van der Waals surface area contributed by atoms with Crippen molar-refractivity contribution in [1.82, 2.24) is 5.32 Å². The molecule has 3 atom stereocenters. The van der Waals surface area contributed by atoms with Crippen molar-refractivity contribution >= 4 is 17.4 Å². The first-order chi connectivity index (χ1) is 6.86. The molecule has 3 unspecified atom stereocenters. The summed E-state index contributed by atoms with van der Waals surface area (Å²) < 4.78 is 5.16. The second-order valence-corrected chi connectivity index (χ2v) is 5.69. The highest BCUT2D eigenvalue weighted by molar-refractivity contribution is 6.21. The normalized spacial score (nSPS) is 32.7. The number of piperidine rings is 1. The molecule has 0 aromatic carbocycles. The van der Waals surface area contributed by atoms with Gasteiger partial charge in [0.15, 0.2) is 0 Å². The number of Topliss-reactive ketones (excluding diaryl/α,β-unsaturated/α-hetero) is 1. The number of carbonyl (C=O) groups excluding carboxylic acids is 1. The number of rotatable bonds is 2. The van der Waals surface area contributed by atoms with Crippen molar-refractivity contribution < 1.29 is 9.53 Å². The number of alkyl halides is 1. The van der Waals surface area contributed by atoms with Crippen molar-refractivity contribution in [3.8, 4) is 0 Å². The lowest BCUT2D eigenvalue weighted by Gasteiger charge is -2.34. The molecule has 0 spiro atoms. The van der Waals surface area contributed by atoms with E-state index in [0.29, 0.717) is 13.0 Å². The Balaban J connectivity index is 2.58. The third-order valence-corrected chi connectivity index (χ3v) is 3.17. The molecule has 3 nitrogen and oxygen atoms in total. The molecule has 1 fully saturated rings. The van der Waals surface area contributed by atoms with E-state index in [4.69, 9.17) is 16.3 Å². The lowest BCUT2D eigenvalue weighted by molar-refractivity contribution is -0.131. The Labute approximate surface area is 96.5 Å². The van der Waals surface area contributed by atoms with Crippen molar-refractivity contribution in [3.05, 3.63) is 0 Å². The minimum Gasteiger partial charge on any atom is -0.365 e. The van der Waals surface area contributed by atoms with Crippen molar-refractivity contribution in [2.75, 3.05) is 13.7 Å². The fourth-order valence-corrected chi connectivity index (χ4v) is 2.32. The molecule has 4 heteroatoms. The summed E-state index contributed by atoms with van der Waals surface area (Å²) in [5, 5.41) is 3.02. The smallest absolute Gasteiger partial charge is 0.142 e. The summed E-state index contributed by atoms with van der Waals surface area (Å²) in [6, 6.07) is 0. The fraction of sp³-hybridized carbons (Fsp3) is 0.909. The second kappa shape index (κ2) is 4.81. The zero-order chi connectivity index (χ0) is 11.6. The summed E-state index contributed by atoms with van der Waals surface area (Å²) >= 11 is 6.13. The number of carbonyl (C=O) groups is 1. The van der Waals surface area contributed by atoms with Gasteiger partial charge in [-0.05, 0) is 6.42 Å². The molecule has 1 saturated heterocycles. The van der Waals surface area contributed by atoms with Crippen LogP contribution in [0.25, 0.3) is 0 Å². The molecule has 1 aliphatic rings. The standard InChI is InChI=1S/C11H20ClNO2/c1-11(2,3)9(14)7-5-8(12)10(15-4)13-6-7/h7-8,10,13H,5-6H2,1-4H3. The number of methoxy groups -OCH3 is 1. The average Bonchev–Trinajstić information content (AvgIpc) is 2.15. The van der Waals surface area contributed by atoms with Crippen LogP contribution in [0.15, 0.2) is 0 Å². The van der Waals surface area contributed by atoms with Crippen LogP contribution >= 0.6 is 11.6 Å². The van der Waals surface area contributed by atoms with Crippen molar-refractivity contribution in [2.24, 2.45) is 11.3 Å². The molecule has 88 valence electrons. The summed E-state index contributed by atoms with van der Waals surface area (Å²) in [6.45, 7) is 6.50. The highest BCUT2D eigenvalue weighted by Crippen LogP contribution is 2.28. The fourth-order valence-electron chi connectivity index (χ4n) is 1.91. The highest BCUT2D eigenvalue weighted by Gasteiger charge is 2.36. The van der Waals surface area contributed by atoms with Crippen LogP contribution in [0.1, 0.15) is 27.2 Å². The van der Waals surface area contributed by atoms with Gasteiger partial charge in [0.05, 0.1) is 5.38 Å². The van der Waals surface area contributed by atoms with Gasteiger partial charge in [0, 0.05) is 25.0 Å². The maximum Gasteiger partial charge on any atom is 0.142 e. The molecule has 0 bridgehead atoms. The number of hydrogen-bond donors (Lipinski definition) is 1. The number of nitrogens with one attached hydrogen (secondary N) is 1. The van der Waals surface area contributed by atoms with E-state index >= 15 is 0 Å². The first-order valence-electron chi connectivity index (χ1n) is 5.31. The summed E-state index contributed by atoms with van der Waals surface area (Å²) in [5.74, 6) is 0.286. The van der Waals surface area contributed by atoms with Crippen molar-refractivity contribution in [3.63, 3.8) is 0 Å². The van der Waals surface area contributed by atoms with Gasteiger partial charge in [0.2, 0.25) is 0 Å². The van der Waals surface area contributed by atoms with Gasteiger partial charge in [-0.15, -0.1) is 11.6 Å². The Hall–Kier alpha value is -0.120. The molecular weight excluding hydrogens is 214 g/mol. The summed E-state index contributed by atoms with van der Waals surface area (Å²) in [5.41, 5.74) is -0.289. The van der Waals surface area contributed by atoms with Crippen LogP contribution < -0.4 is 5.32 Å². The Bertz CT molecular complexity index is 237. The van der Waals surface area contributed by atoms with Crippen LogP contribution in [0.5, 0.6) is 0 Å². The summed E-state index contributed by atoms with van der Waals surface area (Å²) in [7, 11) is 1.62. The van der Waals surface area contributed by atoms with E-state index in [2.05, 4.69) is 5.32 Å². The lowest BCUT2D eigenvalue weighted by atomic mass is 9.80. The van der Waals surface area contributed by atoms with E-state index in [9.17, 15) is 4.79 Å². The van der Waals surface area contributed by atoms with Crippen molar-refractivity contribution in [2.45, 2.75) is 38.8 Å². The second-order valence-electron chi connectivity index (χ2n) is 5.13. The minimum absolute atomic E-state index is 0.0129. The first-order valence-corrected chi connectivity index (χ1v) is 5.74. The van der Waals surface area contributed by atoms with E-state index in [1.807, 2.05) is 20.8 Å². The third-order valence-electron chi connectivity index (χ3n) is 2.77. The van der Waals surface area contributed by atoms with Gasteiger partial charge in [0.1, 0.15) is 12.0 Å². The summed E-state index contributed by atoms with van der Waals surface area (Å²) in [6.07, 6.45) is 0.569. The molecule has 1 aliphatic heterocycles. The number of halogens is 1. The van der Waals surface area contributed by atoms with E-state index in [0.717, 1.165) is 0 Å². The molecule has 0 aromatic rings. The molecule has 1 N–H and O–H groups in total. The zero-order valence-electron chi connectivity index (χ0n) is 9.84. The Morgan fingerprint density at radius 1 is 1.47 bits per heavy atom. The molecule has 1 rings (SSSR count). The first kappa shape index (κ1) is 12.9. The number of ether oxygens (including phenoxy) is 1. The van der Waals surface area contributed by atoms with Crippen LogP contribution in [0.4, 0.5) is 0 Å². The molecular formula is C11H20ClNO2. The molecule has 15 heavy (non-hydrogen) atoms. The topological polar surface area (TPSA) is 38.3 Å². The predicted octanol–water partition coefficient (Wildman–Crippen LogP) is 1.79. The van der Waals surface area contributed by atoms with Gasteiger partial charge in [-0.3, -0.25) is 10.1 Å². The molecule has 0 radical (unpaired) electrons. The average molecular weight is 234 g/mol. The zero-order valence-corrected chi connectivity index (χ0v) is 10.6. The SMILES string of the molecule is COC1NCC(C(=O)C(C)(C)C)CC1Cl. The molecule has 0 aliphatic carbocycles. The van der Waals surface area contributed by atoms with Gasteiger partial charge in [-0.2, -0.15) is 0 Å². The van der Waals surface area contributed by atoms with E-state index < -0.39 is 0 Å². The van der Waals surface area contributed by atoms with Gasteiger partial charge < -0.3 is 4.74 Å². The Morgan fingerprint density at radius 3 is 2.47 bits per heavy atom. The molecule has 1 heterocycles. The highest BCUT2D eigenvalue weighted by atomic mass is 35.5. The third kappa shape index (κ3) is 3.16. The van der Waals surface area contributed by atoms with E-state index in [1.165, 1.54) is 0 Å². The van der Waals surface area contributed by atoms with Crippen molar-refractivity contribution in [1.29, 1.82) is 0 Å². The van der Waals surface area contributed by atoms with Crippen LogP contribution in [0.3, 0.4) is 0 Å². The number of hydrogen-bond acceptors (Lipinski definition) is 3. The Kier molecular flexibility index (Phi) is 4.15. The predicted molar refractivity (Wildman–Crippen MR) is 61.0 cm³/mol. The van der Waals surface area contributed by atoms with E-state index in [1.54, 1.807) is 7.11 Å². The quantitative estimate of drug-likeness (QED) is 0.740. The van der Waals surface area contributed by atoms with Crippen LogP contribution in [-0.4, -0.2) is 31.0 Å². The van der Waals surface area contributed by atoms with Gasteiger partial charge in [0.25, 0.3) is 0 Å². The summed E-state index contributed by atoms with van der Waals surface area (Å²) in [4.78, 5) is 12.0. The maximum absolute atomic E-state index is 12.0. The number of ketones is 1. The molecule has 0 amide bonds. The van der Waals surface area contributed by atoms with Crippen LogP contribution in [0.2, 0.25) is 0 Å². The van der Waals surface area contributed by atoms with E-state index in [-0.39, 0.29) is 28.7 Å². The largest absolute Gasteiger partial charge is 0.365 e. The Morgan fingerprint density at radius 2 is 2.07 bits per heavy atom. The molecule has 0 aromatic heterocycles. The van der Waals surface area contributed by atoms with Gasteiger partial charge in [-0.25, -0.2) is 0 Å². The lowest BCUT2D eigenvalue weighted by Crippen LogP contribution is -2.50. The monoisotopic (exact) mass is 233 g/mol. The van der Waals surface area contributed by atoms with Crippen LogP contribution in [0, 0.1) is 11.3 Å². The maximum atomic E-state index is 12.0. The van der Waals surface area contributed by atoms with Gasteiger partial charge >= 0.3 is 0 Å². The minimum atomic E-state index is -0.289. The van der Waals surface area contributed by atoms with Crippen LogP contribution in [-0.2, 0) is 9.53 Å². The van der Waals surface area contributed by atoms with Gasteiger partial charge in [-0.1, -0.05) is 20.8 Å². The molecule has 0 saturated carbocycles.